The number of alkyl halides is 5. The van der Waals surface area contributed by atoms with Crippen molar-refractivity contribution in [1.82, 2.24) is 19.6 Å². The standard InChI is InChI=1S/C18H15F5N4/c19-17(20)15-10-14(27(24-15)12-4-5-12)9-11-2-1-3-13(8-11)26-7-6-16(25-26)18(21,22)23/h1-3,6-8,10,12,17H,4-5,9H2. The van der Waals surface area contributed by atoms with E-state index >= 15 is 0 Å². The first kappa shape index (κ1) is 17.7. The fraction of sp³-hybridized carbons (Fsp3) is 0.333. The monoisotopic (exact) mass is 382 g/mol. The molecule has 1 saturated carbocycles. The number of rotatable bonds is 5. The van der Waals surface area contributed by atoms with Crippen molar-refractivity contribution in [3.8, 4) is 5.69 Å². The lowest BCUT2D eigenvalue weighted by Crippen LogP contribution is -2.07. The van der Waals surface area contributed by atoms with E-state index in [1.807, 2.05) is 0 Å². The molecule has 1 aromatic carbocycles. The number of halogens is 5. The molecule has 2 heterocycles. The van der Waals surface area contributed by atoms with Crippen LogP contribution < -0.4 is 0 Å². The molecule has 4 nitrogen and oxygen atoms in total. The van der Waals surface area contributed by atoms with Gasteiger partial charge in [-0.1, -0.05) is 12.1 Å². The molecular weight excluding hydrogens is 367 g/mol. The van der Waals surface area contributed by atoms with E-state index in [9.17, 15) is 22.0 Å². The van der Waals surface area contributed by atoms with Crippen LogP contribution in [0.4, 0.5) is 22.0 Å². The van der Waals surface area contributed by atoms with Crippen molar-refractivity contribution >= 4 is 0 Å². The van der Waals surface area contributed by atoms with Gasteiger partial charge in [0.1, 0.15) is 5.69 Å². The number of aromatic nitrogens is 4. The average Bonchev–Trinajstić information content (AvgIpc) is 3.16. The van der Waals surface area contributed by atoms with Crippen LogP contribution in [0.1, 0.15) is 48.0 Å². The van der Waals surface area contributed by atoms with Gasteiger partial charge in [-0.25, -0.2) is 13.5 Å². The smallest absolute Gasteiger partial charge is 0.266 e. The Balaban J connectivity index is 1.61. The molecule has 1 aliphatic rings. The van der Waals surface area contributed by atoms with E-state index in [-0.39, 0.29) is 11.7 Å². The van der Waals surface area contributed by atoms with Crippen molar-refractivity contribution in [2.24, 2.45) is 0 Å². The molecule has 27 heavy (non-hydrogen) atoms. The number of hydrogen-bond donors (Lipinski definition) is 0. The van der Waals surface area contributed by atoms with Crippen molar-refractivity contribution in [3.05, 3.63) is 65.2 Å². The van der Waals surface area contributed by atoms with Crippen LogP contribution in [0.5, 0.6) is 0 Å². The Labute approximate surface area is 151 Å². The molecule has 4 rings (SSSR count). The summed E-state index contributed by atoms with van der Waals surface area (Å²) in [5.74, 6) is 0. The zero-order chi connectivity index (χ0) is 19.2. The maximum absolute atomic E-state index is 13.0. The highest BCUT2D eigenvalue weighted by Crippen LogP contribution is 2.37. The van der Waals surface area contributed by atoms with Crippen molar-refractivity contribution < 1.29 is 22.0 Å². The molecule has 0 saturated heterocycles. The van der Waals surface area contributed by atoms with Crippen molar-refractivity contribution in [3.63, 3.8) is 0 Å². The summed E-state index contributed by atoms with van der Waals surface area (Å²) in [6.45, 7) is 0. The average molecular weight is 382 g/mol. The summed E-state index contributed by atoms with van der Waals surface area (Å²) in [4.78, 5) is 0. The van der Waals surface area contributed by atoms with Gasteiger partial charge in [0.25, 0.3) is 6.43 Å². The molecule has 142 valence electrons. The second-order valence-corrected chi connectivity index (χ2v) is 6.53. The van der Waals surface area contributed by atoms with Gasteiger partial charge in [0.15, 0.2) is 5.69 Å². The van der Waals surface area contributed by atoms with Gasteiger partial charge in [0.05, 0.1) is 11.7 Å². The maximum atomic E-state index is 13.0. The van der Waals surface area contributed by atoms with E-state index in [4.69, 9.17) is 0 Å². The van der Waals surface area contributed by atoms with Crippen molar-refractivity contribution in [1.29, 1.82) is 0 Å². The zero-order valence-electron chi connectivity index (χ0n) is 14.0. The lowest BCUT2D eigenvalue weighted by Gasteiger charge is -2.08. The molecule has 3 aromatic rings. The highest BCUT2D eigenvalue weighted by molar-refractivity contribution is 5.37. The minimum absolute atomic E-state index is 0.149. The van der Waals surface area contributed by atoms with E-state index < -0.39 is 18.3 Å². The van der Waals surface area contributed by atoms with Gasteiger partial charge in [0.2, 0.25) is 0 Å². The molecule has 0 bridgehead atoms. The Morgan fingerprint density at radius 1 is 1.07 bits per heavy atom. The molecule has 0 spiro atoms. The third kappa shape index (κ3) is 3.72. The predicted octanol–water partition coefficient (Wildman–Crippen LogP) is 4.95. The Morgan fingerprint density at radius 2 is 1.85 bits per heavy atom. The van der Waals surface area contributed by atoms with Gasteiger partial charge in [-0.3, -0.25) is 4.68 Å². The second kappa shape index (κ2) is 6.47. The first-order valence-electron chi connectivity index (χ1n) is 8.40. The Bertz CT molecular complexity index is 953. The first-order valence-corrected chi connectivity index (χ1v) is 8.40. The SMILES string of the molecule is FC(F)c1cc(Cc2cccc(-n3ccc(C(F)(F)F)n3)c2)n(C2CC2)n1. The molecule has 1 fully saturated rings. The summed E-state index contributed by atoms with van der Waals surface area (Å²) >= 11 is 0. The third-order valence-electron chi connectivity index (χ3n) is 4.39. The van der Waals surface area contributed by atoms with Gasteiger partial charge >= 0.3 is 6.18 Å². The molecule has 0 atom stereocenters. The second-order valence-electron chi connectivity index (χ2n) is 6.53. The van der Waals surface area contributed by atoms with Gasteiger partial charge in [-0.05, 0) is 42.7 Å². The summed E-state index contributed by atoms with van der Waals surface area (Å²) in [5.41, 5.74) is 0.686. The number of benzene rings is 1. The largest absolute Gasteiger partial charge is 0.435 e. The molecule has 0 amide bonds. The van der Waals surface area contributed by atoms with Crippen LogP contribution in [0.2, 0.25) is 0 Å². The fourth-order valence-electron chi connectivity index (χ4n) is 2.97. The quantitative estimate of drug-likeness (QED) is 0.586. The van der Waals surface area contributed by atoms with Crippen LogP contribution in [0.15, 0.2) is 42.6 Å². The lowest BCUT2D eigenvalue weighted by atomic mass is 10.1. The molecular formula is C18H15F5N4. The highest BCUT2D eigenvalue weighted by Gasteiger charge is 2.33. The minimum atomic E-state index is -4.51. The normalized spacial score (nSPS) is 14.9. The predicted molar refractivity (Wildman–Crippen MR) is 86.8 cm³/mol. The zero-order valence-corrected chi connectivity index (χ0v) is 14.0. The van der Waals surface area contributed by atoms with Crippen LogP contribution in [0, 0.1) is 0 Å². The van der Waals surface area contributed by atoms with Gasteiger partial charge < -0.3 is 0 Å². The minimum Gasteiger partial charge on any atom is -0.266 e. The van der Waals surface area contributed by atoms with E-state index in [1.165, 1.54) is 12.3 Å². The number of nitrogens with zero attached hydrogens (tertiary/aromatic N) is 4. The van der Waals surface area contributed by atoms with Crippen LogP contribution >= 0.6 is 0 Å². The Hall–Kier alpha value is -2.71. The third-order valence-corrected chi connectivity index (χ3v) is 4.39. The molecule has 2 aromatic heterocycles. The van der Waals surface area contributed by atoms with Gasteiger partial charge in [-0.15, -0.1) is 0 Å². The van der Waals surface area contributed by atoms with E-state index in [2.05, 4.69) is 10.2 Å². The van der Waals surface area contributed by atoms with Crippen LogP contribution in [-0.4, -0.2) is 19.6 Å². The lowest BCUT2D eigenvalue weighted by molar-refractivity contribution is -0.141. The Morgan fingerprint density at radius 3 is 2.48 bits per heavy atom. The summed E-state index contributed by atoms with van der Waals surface area (Å²) in [5, 5.41) is 7.56. The molecule has 0 aliphatic heterocycles. The van der Waals surface area contributed by atoms with Crippen LogP contribution in [-0.2, 0) is 12.6 Å². The summed E-state index contributed by atoms with van der Waals surface area (Å²) in [6, 6.07) is 9.28. The van der Waals surface area contributed by atoms with Crippen LogP contribution in [0.25, 0.3) is 5.69 Å². The molecule has 0 radical (unpaired) electrons. The highest BCUT2D eigenvalue weighted by atomic mass is 19.4. The topological polar surface area (TPSA) is 35.6 Å². The molecule has 1 aliphatic carbocycles. The fourth-order valence-corrected chi connectivity index (χ4v) is 2.97. The molecule has 9 heteroatoms. The van der Waals surface area contributed by atoms with E-state index in [0.29, 0.717) is 17.8 Å². The first-order chi connectivity index (χ1) is 12.8. The summed E-state index contributed by atoms with van der Waals surface area (Å²) in [6.07, 6.45) is -3.73. The van der Waals surface area contributed by atoms with Gasteiger partial charge in [0, 0.05) is 18.3 Å². The summed E-state index contributed by atoms with van der Waals surface area (Å²) in [7, 11) is 0. The summed E-state index contributed by atoms with van der Waals surface area (Å²) < 4.78 is 67.0. The van der Waals surface area contributed by atoms with Crippen LogP contribution in [0.3, 0.4) is 0 Å². The molecule has 0 unspecified atom stereocenters. The number of hydrogen-bond acceptors (Lipinski definition) is 2. The van der Waals surface area contributed by atoms with E-state index in [1.54, 1.807) is 28.9 Å². The van der Waals surface area contributed by atoms with Gasteiger partial charge in [-0.2, -0.15) is 23.4 Å². The molecule has 0 N–H and O–H groups in total. The Kier molecular flexibility index (Phi) is 4.24. The maximum Gasteiger partial charge on any atom is 0.435 e. The van der Waals surface area contributed by atoms with E-state index in [0.717, 1.165) is 29.2 Å². The van der Waals surface area contributed by atoms with Crippen molar-refractivity contribution in [2.45, 2.75) is 37.9 Å². The van der Waals surface area contributed by atoms with Crippen molar-refractivity contribution in [2.75, 3.05) is 0 Å².